The normalized spacial score (nSPS) is 14.4. The number of thiophene rings is 1. The van der Waals surface area contributed by atoms with Gasteiger partial charge >= 0.3 is 0 Å². The van der Waals surface area contributed by atoms with E-state index in [2.05, 4.69) is 20.7 Å². The lowest BCUT2D eigenvalue weighted by atomic mass is 10.0. The van der Waals surface area contributed by atoms with Gasteiger partial charge in [0, 0.05) is 11.7 Å². The Morgan fingerprint density at radius 1 is 1.11 bits per heavy atom. The second-order valence-electron chi connectivity index (χ2n) is 9.16. The second kappa shape index (κ2) is 11.0. The number of halogens is 1. The van der Waals surface area contributed by atoms with Gasteiger partial charge in [0.05, 0.1) is 4.88 Å². The summed E-state index contributed by atoms with van der Waals surface area (Å²) in [5.74, 6) is -0.688. The highest BCUT2D eigenvalue weighted by Gasteiger charge is 2.34. The molecule has 0 radical (unpaired) electrons. The minimum Gasteiger partial charge on any atom is -0.351 e. The van der Waals surface area contributed by atoms with E-state index in [1.165, 1.54) is 33.2 Å². The summed E-state index contributed by atoms with van der Waals surface area (Å²) in [5.41, 5.74) is 2.07. The molecule has 2 amide bonds. The van der Waals surface area contributed by atoms with Crippen molar-refractivity contribution in [2.45, 2.75) is 51.2 Å². The van der Waals surface area contributed by atoms with Crippen LogP contribution in [0.15, 0.2) is 66.0 Å². The molecule has 10 heteroatoms. The minimum atomic E-state index is -1.00. The van der Waals surface area contributed by atoms with Gasteiger partial charge in [-0.3, -0.25) is 14.5 Å². The van der Waals surface area contributed by atoms with E-state index in [4.69, 9.17) is 0 Å². The van der Waals surface area contributed by atoms with Gasteiger partial charge < -0.3 is 5.32 Å². The van der Waals surface area contributed by atoms with Crippen molar-refractivity contribution in [2.75, 3.05) is 4.90 Å². The van der Waals surface area contributed by atoms with Crippen LogP contribution in [0.4, 0.5) is 10.1 Å². The highest BCUT2D eigenvalue weighted by Crippen LogP contribution is 2.30. The smallest absolute Gasteiger partial charge is 0.251 e. The zero-order valence-electron chi connectivity index (χ0n) is 20.4. The number of tetrazole rings is 1. The molecular formula is C27H27FN6O2S. The van der Waals surface area contributed by atoms with E-state index in [0.29, 0.717) is 17.1 Å². The fraction of sp³-hybridized carbons (Fsp3) is 0.296. The van der Waals surface area contributed by atoms with E-state index >= 15 is 0 Å². The molecule has 1 fully saturated rings. The van der Waals surface area contributed by atoms with Gasteiger partial charge in [0.25, 0.3) is 5.91 Å². The maximum Gasteiger partial charge on any atom is 0.251 e. The maximum atomic E-state index is 13.9. The number of hydrogen-bond donors (Lipinski definition) is 1. The van der Waals surface area contributed by atoms with Gasteiger partial charge in [0.1, 0.15) is 18.4 Å². The molecule has 1 unspecified atom stereocenters. The van der Waals surface area contributed by atoms with Crippen molar-refractivity contribution < 1.29 is 14.0 Å². The van der Waals surface area contributed by atoms with Crippen LogP contribution in [-0.4, -0.2) is 38.1 Å². The first kappa shape index (κ1) is 24.8. The van der Waals surface area contributed by atoms with Crippen molar-refractivity contribution in [1.82, 2.24) is 25.5 Å². The van der Waals surface area contributed by atoms with E-state index in [9.17, 15) is 14.0 Å². The largest absolute Gasteiger partial charge is 0.351 e. The number of hydrogen-bond acceptors (Lipinski definition) is 6. The Morgan fingerprint density at radius 2 is 1.84 bits per heavy atom. The van der Waals surface area contributed by atoms with Gasteiger partial charge in [0.15, 0.2) is 0 Å². The third kappa shape index (κ3) is 5.75. The molecular weight excluding hydrogens is 491 g/mol. The molecule has 1 aliphatic carbocycles. The molecule has 5 rings (SSSR count). The number of nitrogens with zero attached hydrogens (tertiary/aromatic N) is 5. The molecule has 2 aromatic heterocycles. The van der Waals surface area contributed by atoms with Crippen LogP contribution < -0.4 is 10.2 Å². The zero-order chi connectivity index (χ0) is 25.8. The molecule has 0 saturated heterocycles. The lowest BCUT2D eigenvalue weighted by Gasteiger charge is -2.32. The molecule has 0 bridgehead atoms. The standard InChI is InChI=1S/C27H27FN6O2S/c1-18-8-14-22(15-9-18)34(24(35)17-33-31-26(30-32-33)23-7-4-16-37-23)25(19-10-12-20(28)13-11-19)27(36)29-21-5-2-3-6-21/h4,7-16,21,25H,2-3,5-6,17H2,1H3,(H,29,36). The Bertz CT molecular complexity index is 1350. The molecule has 190 valence electrons. The number of amides is 2. The summed E-state index contributed by atoms with van der Waals surface area (Å²) in [6.07, 6.45) is 3.90. The molecule has 2 heterocycles. The van der Waals surface area contributed by atoms with Crippen molar-refractivity contribution in [3.05, 3.63) is 83.0 Å². The van der Waals surface area contributed by atoms with Gasteiger partial charge in [-0.05, 0) is 66.3 Å². The number of carbonyl (C=O) groups excluding carboxylic acids is 2. The Morgan fingerprint density at radius 3 is 2.51 bits per heavy atom. The van der Waals surface area contributed by atoms with E-state index in [0.717, 1.165) is 36.1 Å². The highest BCUT2D eigenvalue weighted by molar-refractivity contribution is 7.13. The number of nitrogens with one attached hydrogen (secondary N) is 1. The second-order valence-corrected chi connectivity index (χ2v) is 10.1. The van der Waals surface area contributed by atoms with E-state index in [1.54, 1.807) is 24.3 Å². The minimum absolute atomic E-state index is 0.0516. The molecule has 1 saturated carbocycles. The lowest BCUT2D eigenvalue weighted by molar-refractivity contribution is -0.127. The topological polar surface area (TPSA) is 93.0 Å². The van der Waals surface area contributed by atoms with Crippen molar-refractivity contribution in [1.29, 1.82) is 0 Å². The van der Waals surface area contributed by atoms with Gasteiger partial charge in [-0.15, -0.1) is 21.5 Å². The number of anilines is 1. The zero-order valence-corrected chi connectivity index (χ0v) is 21.2. The maximum absolute atomic E-state index is 13.9. The van der Waals surface area contributed by atoms with Crippen LogP contribution in [0.2, 0.25) is 0 Å². The molecule has 1 N–H and O–H groups in total. The van der Waals surface area contributed by atoms with Crippen molar-refractivity contribution in [3.8, 4) is 10.7 Å². The molecule has 1 atom stereocenters. The summed E-state index contributed by atoms with van der Waals surface area (Å²) in [5, 5.41) is 17.5. The third-order valence-electron chi connectivity index (χ3n) is 6.45. The number of aryl methyl sites for hydroxylation is 1. The van der Waals surface area contributed by atoms with E-state index in [1.807, 2.05) is 36.6 Å². The fourth-order valence-electron chi connectivity index (χ4n) is 4.57. The first-order chi connectivity index (χ1) is 18.0. The molecule has 0 spiro atoms. The molecule has 2 aromatic carbocycles. The van der Waals surface area contributed by atoms with E-state index in [-0.39, 0.29) is 18.5 Å². The van der Waals surface area contributed by atoms with Crippen LogP contribution in [-0.2, 0) is 16.1 Å². The van der Waals surface area contributed by atoms with Crippen molar-refractivity contribution in [2.24, 2.45) is 0 Å². The predicted molar refractivity (Wildman–Crippen MR) is 139 cm³/mol. The number of aromatic nitrogens is 4. The summed E-state index contributed by atoms with van der Waals surface area (Å²) < 4.78 is 13.8. The SMILES string of the molecule is Cc1ccc(N(C(=O)Cn2nnc(-c3cccs3)n2)C(C(=O)NC2CCCC2)c2ccc(F)cc2)cc1. The van der Waals surface area contributed by atoms with Crippen molar-refractivity contribution in [3.63, 3.8) is 0 Å². The summed E-state index contributed by atoms with van der Waals surface area (Å²) in [6, 6.07) is 15.9. The van der Waals surface area contributed by atoms with Crippen LogP contribution in [0.5, 0.6) is 0 Å². The quantitative estimate of drug-likeness (QED) is 0.366. The molecule has 8 nitrogen and oxygen atoms in total. The Kier molecular flexibility index (Phi) is 7.36. The van der Waals surface area contributed by atoms with Crippen LogP contribution in [0, 0.1) is 12.7 Å². The summed E-state index contributed by atoms with van der Waals surface area (Å²) in [4.78, 5) is 31.1. The van der Waals surface area contributed by atoms with Gasteiger partial charge in [0.2, 0.25) is 11.7 Å². The van der Waals surface area contributed by atoms with Crippen LogP contribution in [0.25, 0.3) is 10.7 Å². The molecule has 1 aliphatic rings. The van der Waals surface area contributed by atoms with Gasteiger partial charge in [-0.2, -0.15) is 4.80 Å². The predicted octanol–water partition coefficient (Wildman–Crippen LogP) is 4.68. The molecule has 37 heavy (non-hydrogen) atoms. The fourth-order valence-corrected chi connectivity index (χ4v) is 5.22. The summed E-state index contributed by atoms with van der Waals surface area (Å²) in [6.45, 7) is 1.73. The van der Waals surface area contributed by atoms with E-state index < -0.39 is 17.8 Å². The van der Waals surface area contributed by atoms with Crippen LogP contribution in [0.1, 0.15) is 42.9 Å². The average molecular weight is 519 g/mol. The van der Waals surface area contributed by atoms with Crippen molar-refractivity contribution >= 4 is 28.8 Å². The number of rotatable bonds is 8. The average Bonchev–Trinajstić information content (AvgIpc) is 3.67. The Hall–Kier alpha value is -3.92. The Labute approximate surface area is 218 Å². The van der Waals surface area contributed by atoms with Crippen LogP contribution >= 0.6 is 11.3 Å². The first-order valence-electron chi connectivity index (χ1n) is 12.2. The molecule has 4 aromatic rings. The van der Waals surface area contributed by atoms with Gasteiger partial charge in [-0.1, -0.05) is 48.7 Å². The Balaban J connectivity index is 1.51. The monoisotopic (exact) mass is 518 g/mol. The molecule has 0 aliphatic heterocycles. The number of carbonyl (C=O) groups is 2. The first-order valence-corrected chi connectivity index (χ1v) is 13.1. The summed E-state index contributed by atoms with van der Waals surface area (Å²) in [7, 11) is 0. The summed E-state index contributed by atoms with van der Waals surface area (Å²) >= 11 is 1.48. The van der Waals surface area contributed by atoms with Crippen LogP contribution in [0.3, 0.4) is 0 Å². The lowest BCUT2D eigenvalue weighted by Crippen LogP contribution is -2.47. The van der Waals surface area contributed by atoms with Gasteiger partial charge in [-0.25, -0.2) is 4.39 Å². The third-order valence-corrected chi connectivity index (χ3v) is 7.31. The highest BCUT2D eigenvalue weighted by atomic mass is 32.1. The number of benzene rings is 2.